The molecule has 104 valence electrons. The number of ketones is 1. The van der Waals surface area contributed by atoms with E-state index in [0.717, 1.165) is 16.7 Å². The Balaban J connectivity index is 2.58. The highest BCUT2D eigenvalue weighted by Crippen LogP contribution is 2.28. The van der Waals surface area contributed by atoms with Gasteiger partial charge in [-0.25, -0.2) is 0 Å². The van der Waals surface area contributed by atoms with Crippen LogP contribution in [0.25, 0.3) is 0 Å². The van der Waals surface area contributed by atoms with Crippen molar-refractivity contribution in [2.45, 2.75) is 20.8 Å². The second kappa shape index (κ2) is 5.68. The summed E-state index contributed by atoms with van der Waals surface area (Å²) in [5.74, 6) is 0.537. The van der Waals surface area contributed by atoms with E-state index >= 15 is 0 Å². The third-order valence-electron chi connectivity index (χ3n) is 3.19. The van der Waals surface area contributed by atoms with Crippen LogP contribution in [0.2, 0.25) is 5.02 Å². The topological polar surface area (TPSA) is 26.3 Å². The van der Waals surface area contributed by atoms with Crippen molar-refractivity contribution in [2.75, 3.05) is 7.11 Å². The van der Waals surface area contributed by atoms with Gasteiger partial charge in [0.25, 0.3) is 0 Å². The lowest BCUT2D eigenvalue weighted by Crippen LogP contribution is -2.07. The third-order valence-corrected chi connectivity index (χ3v) is 3.41. The number of aryl methyl sites for hydroxylation is 3. The average Bonchev–Trinajstić information content (AvgIpc) is 2.35. The van der Waals surface area contributed by atoms with Gasteiger partial charge in [-0.1, -0.05) is 17.7 Å². The number of halogens is 1. The van der Waals surface area contributed by atoms with Crippen LogP contribution in [0.5, 0.6) is 5.75 Å². The van der Waals surface area contributed by atoms with Crippen LogP contribution >= 0.6 is 11.6 Å². The maximum Gasteiger partial charge on any atom is 0.197 e. The van der Waals surface area contributed by atoms with E-state index in [1.165, 1.54) is 0 Å². The van der Waals surface area contributed by atoms with E-state index in [1.54, 1.807) is 13.2 Å². The van der Waals surface area contributed by atoms with Gasteiger partial charge in [-0.3, -0.25) is 4.79 Å². The van der Waals surface area contributed by atoms with E-state index in [1.807, 2.05) is 45.0 Å². The molecule has 0 aliphatic heterocycles. The summed E-state index contributed by atoms with van der Waals surface area (Å²) >= 11 is 6.04. The fraction of sp³-hybridized carbons (Fsp3) is 0.235. The van der Waals surface area contributed by atoms with Gasteiger partial charge in [0.1, 0.15) is 5.75 Å². The van der Waals surface area contributed by atoms with E-state index in [4.69, 9.17) is 16.3 Å². The zero-order chi connectivity index (χ0) is 14.9. The minimum Gasteiger partial charge on any atom is -0.496 e. The highest BCUT2D eigenvalue weighted by atomic mass is 35.5. The molecule has 2 rings (SSSR count). The molecule has 0 bridgehead atoms. The highest BCUT2D eigenvalue weighted by Gasteiger charge is 2.18. The SMILES string of the molecule is COc1cc(C)cc(C)c1C(=O)c1cc(C)cc(Cl)c1. The van der Waals surface area contributed by atoms with Gasteiger partial charge in [0.05, 0.1) is 12.7 Å². The first-order chi connectivity index (χ1) is 9.42. The lowest BCUT2D eigenvalue weighted by molar-refractivity contribution is 0.103. The molecule has 0 N–H and O–H groups in total. The molecule has 0 atom stereocenters. The molecule has 0 fully saturated rings. The van der Waals surface area contributed by atoms with Gasteiger partial charge in [-0.15, -0.1) is 0 Å². The van der Waals surface area contributed by atoms with Crippen molar-refractivity contribution in [3.05, 3.63) is 63.2 Å². The summed E-state index contributed by atoms with van der Waals surface area (Å²) in [6.07, 6.45) is 0. The third kappa shape index (κ3) is 2.86. The van der Waals surface area contributed by atoms with Gasteiger partial charge in [0.2, 0.25) is 0 Å². The summed E-state index contributed by atoms with van der Waals surface area (Å²) < 4.78 is 5.36. The Labute approximate surface area is 124 Å². The van der Waals surface area contributed by atoms with Crippen LogP contribution in [-0.2, 0) is 0 Å². The molecule has 0 aliphatic carbocycles. The first-order valence-corrected chi connectivity index (χ1v) is 6.77. The Morgan fingerprint density at radius 3 is 2.25 bits per heavy atom. The number of carbonyl (C=O) groups excluding carboxylic acids is 1. The molecule has 0 saturated carbocycles. The second-order valence-corrected chi connectivity index (χ2v) is 5.44. The molecule has 2 aromatic carbocycles. The van der Waals surface area contributed by atoms with Crippen LogP contribution in [0.4, 0.5) is 0 Å². The number of rotatable bonds is 3. The van der Waals surface area contributed by atoms with Crippen molar-refractivity contribution in [2.24, 2.45) is 0 Å². The Morgan fingerprint density at radius 1 is 1.00 bits per heavy atom. The summed E-state index contributed by atoms with van der Waals surface area (Å²) in [6, 6.07) is 9.21. The molecule has 0 heterocycles. The number of benzene rings is 2. The molecule has 0 spiro atoms. The molecule has 2 aromatic rings. The standard InChI is InChI=1S/C17H17ClO2/c1-10-5-12(3)16(15(8-10)20-4)17(19)13-6-11(2)7-14(18)9-13/h5-9H,1-4H3. The van der Waals surface area contributed by atoms with Gasteiger partial charge in [-0.2, -0.15) is 0 Å². The van der Waals surface area contributed by atoms with Gasteiger partial charge in [0.15, 0.2) is 5.78 Å². The van der Waals surface area contributed by atoms with Gasteiger partial charge < -0.3 is 4.74 Å². The fourth-order valence-corrected chi connectivity index (χ4v) is 2.68. The van der Waals surface area contributed by atoms with Gasteiger partial charge in [-0.05, 0) is 61.7 Å². The Morgan fingerprint density at radius 2 is 1.65 bits per heavy atom. The van der Waals surface area contributed by atoms with Crippen LogP contribution in [0.1, 0.15) is 32.6 Å². The summed E-state index contributed by atoms with van der Waals surface area (Å²) in [6.45, 7) is 5.81. The zero-order valence-corrected chi connectivity index (χ0v) is 12.8. The fourth-order valence-electron chi connectivity index (χ4n) is 2.39. The summed E-state index contributed by atoms with van der Waals surface area (Å²) in [7, 11) is 1.58. The van der Waals surface area contributed by atoms with Crippen molar-refractivity contribution < 1.29 is 9.53 Å². The van der Waals surface area contributed by atoms with E-state index in [9.17, 15) is 4.79 Å². The van der Waals surface area contributed by atoms with E-state index < -0.39 is 0 Å². The number of methoxy groups -OCH3 is 1. The lowest BCUT2D eigenvalue weighted by atomic mass is 9.95. The van der Waals surface area contributed by atoms with E-state index in [0.29, 0.717) is 21.9 Å². The predicted octanol–water partition coefficient (Wildman–Crippen LogP) is 4.50. The van der Waals surface area contributed by atoms with Gasteiger partial charge in [0, 0.05) is 10.6 Å². The van der Waals surface area contributed by atoms with Gasteiger partial charge >= 0.3 is 0 Å². The van der Waals surface area contributed by atoms with Crippen LogP contribution in [0.3, 0.4) is 0 Å². The minimum absolute atomic E-state index is 0.0649. The van der Waals surface area contributed by atoms with Crippen molar-refractivity contribution >= 4 is 17.4 Å². The van der Waals surface area contributed by atoms with Crippen LogP contribution in [-0.4, -0.2) is 12.9 Å². The molecule has 2 nitrogen and oxygen atoms in total. The summed E-state index contributed by atoms with van der Waals surface area (Å²) in [5.41, 5.74) is 4.12. The number of carbonyl (C=O) groups is 1. The maximum atomic E-state index is 12.7. The molecule has 0 saturated heterocycles. The molecule has 20 heavy (non-hydrogen) atoms. The first-order valence-electron chi connectivity index (χ1n) is 6.39. The van der Waals surface area contributed by atoms with Crippen LogP contribution < -0.4 is 4.74 Å². The summed E-state index contributed by atoms with van der Waals surface area (Å²) in [5, 5.41) is 0.567. The quantitative estimate of drug-likeness (QED) is 0.777. The molecule has 0 radical (unpaired) electrons. The summed E-state index contributed by atoms with van der Waals surface area (Å²) in [4.78, 5) is 12.7. The Bertz CT molecular complexity index is 655. The Hall–Kier alpha value is -1.80. The zero-order valence-electron chi connectivity index (χ0n) is 12.1. The normalized spacial score (nSPS) is 10.4. The van der Waals surface area contributed by atoms with Crippen LogP contribution in [0.15, 0.2) is 30.3 Å². The molecule has 0 aliphatic rings. The molecule has 3 heteroatoms. The minimum atomic E-state index is -0.0649. The van der Waals surface area contributed by atoms with Crippen molar-refractivity contribution in [3.63, 3.8) is 0 Å². The predicted molar refractivity (Wildman–Crippen MR) is 82.1 cm³/mol. The average molecular weight is 289 g/mol. The second-order valence-electron chi connectivity index (χ2n) is 5.01. The monoisotopic (exact) mass is 288 g/mol. The smallest absolute Gasteiger partial charge is 0.197 e. The van der Waals surface area contributed by atoms with Crippen molar-refractivity contribution in [3.8, 4) is 5.75 Å². The number of ether oxygens (including phenoxy) is 1. The van der Waals surface area contributed by atoms with E-state index in [-0.39, 0.29) is 5.78 Å². The number of hydrogen-bond donors (Lipinski definition) is 0. The number of hydrogen-bond acceptors (Lipinski definition) is 2. The maximum absolute atomic E-state index is 12.7. The first kappa shape index (κ1) is 14.6. The highest BCUT2D eigenvalue weighted by molar-refractivity contribution is 6.31. The van der Waals surface area contributed by atoms with Crippen LogP contribution in [0, 0.1) is 20.8 Å². The van der Waals surface area contributed by atoms with E-state index in [2.05, 4.69) is 0 Å². The molecular formula is C17H17ClO2. The molecule has 0 unspecified atom stereocenters. The lowest BCUT2D eigenvalue weighted by Gasteiger charge is -2.12. The molecular weight excluding hydrogens is 272 g/mol. The largest absolute Gasteiger partial charge is 0.496 e. The van der Waals surface area contributed by atoms with Crippen molar-refractivity contribution in [1.82, 2.24) is 0 Å². The molecule has 0 aromatic heterocycles. The molecule has 0 amide bonds. The van der Waals surface area contributed by atoms with Crippen molar-refractivity contribution in [1.29, 1.82) is 0 Å². The Kier molecular flexibility index (Phi) is 4.15.